The van der Waals surface area contributed by atoms with Crippen LogP contribution in [0, 0.1) is 47.3 Å². The Bertz CT molecular complexity index is 1110. The molecule has 19 atom stereocenters. The van der Waals surface area contributed by atoms with Gasteiger partial charge in [-0.15, -0.1) is 0 Å². The second kappa shape index (κ2) is 12.6. The van der Waals surface area contributed by atoms with Gasteiger partial charge in [-0.05, 0) is 74.7 Å². The molecule has 0 amide bonds. The van der Waals surface area contributed by atoms with Crippen LogP contribution >= 0.6 is 0 Å². The maximum absolute atomic E-state index is 7.62. The molecule has 8 unspecified atom stereocenters. The topological polar surface area (TPSA) is 114 Å². The van der Waals surface area contributed by atoms with Gasteiger partial charge < -0.3 is 48.1 Å². The summed E-state index contributed by atoms with van der Waals surface area (Å²) < 4.78 is 69.0. The van der Waals surface area contributed by atoms with E-state index in [4.69, 9.17) is 51.0 Å². The molecule has 0 bridgehead atoms. The van der Waals surface area contributed by atoms with Gasteiger partial charge in [-0.3, -0.25) is 0 Å². The summed E-state index contributed by atoms with van der Waals surface area (Å²) in [5.74, 6) is -0.0544. The first-order valence-electron chi connectivity index (χ1n) is 18.2. The van der Waals surface area contributed by atoms with Crippen LogP contribution in [0.2, 0.25) is 0 Å². The lowest BCUT2D eigenvalue weighted by Crippen LogP contribution is -2.76. The molecule has 1 saturated carbocycles. The van der Waals surface area contributed by atoms with Gasteiger partial charge in [0.05, 0.1) is 43.7 Å². The van der Waals surface area contributed by atoms with Crippen LogP contribution in [0.3, 0.4) is 0 Å². The van der Waals surface area contributed by atoms with E-state index < -0.39 is 54.5 Å². The van der Waals surface area contributed by atoms with Gasteiger partial charge >= 0.3 is 0 Å². The van der Waals surface area contributed by atoms with E-state index in [9.17, 15) is 0 Å². The SMILES string of the molecule is [3H]OCC1O[C@@H](OC2([C@@H]3OC(C)[C@@H](C)C(C)[C@H]3C)O[C@@H]3C=COC(CO[3H])[C@H]32)[C@H](O[C@@H]2CC(C)[C@@H](C)[C@H](C)C2C)[C@H]2OC(C)(C)OC12. The van der Waals surface area contributed by atoms with Crippen LogP contribution < -0.4 is 0 Å². The smallest absolute Gasteiger partial charge is 0.210 e. The molecule has 0 spiro atoms. The number of fused-ring (bicyclic) bond motifs is 2. The van der Waals surface area contributed by atoms with Crippen LogP contribution in [0.25, 0.3) is 0 Å². The minimum atomic E-state index is -1.31. The van der Waals surface area contributed by atoms with Crippen molar-refractivity contribution in [2.24, 2.45) is 47.3 Å². The number of ether oxygens (including phenoxy) is 8. The molecule has 0 aromatic heterocycles. The fourth-order valence-electron chi connectivity index (χ4n) is 9.06. The van der Waals surface area contributed by atoms with Crippen LogP contribution in [0.15, 0.2) is 12.3 Å². The summed E-state index contributed by atoms with van der Waals surface area (Å²) in [6.07, 6.45) is -0.413. The first kappa shape index (κ1) is 31.4. The minimum absolute atomic E-state index is 0.0345. The summed E-state index contributed by atoms with van der Waals surface area (Å²) >= 11 is 0. The second-order valence-corrected chi connectivity index (χ2v) is 15.7. The number of hydrogen-bond acceptors (Lipinski definition) is 10. The van der Waals surface area contributed by atoms with Gasteiger partial charge in [0.1, 0.15) is 36.6 Å². The normalized spacial score (nSPS) is 56.3. The van der Waals surface area contributed by atoms with E-state index in [0.29, 0.717) is 35.5 Å². The molecule has 10 heteroatoms. The molecule has 45 heavy (non-hydrogen) atoms. The van der Waals surface area contributed by atoms with Crippen LogP contribution in [0.5, 0.6) is 0 Å². The van der Waals surface area contributed by atoms with Crippen molar-refractivity contribution in [2.45, 2.75) is 148 Å². The Morgan fingerprint density at radius 1 is 0.800 bits per heavy atom. The third-order valence-electron chi connectivity index (χ3n) is 12.8. The lowest BCUT2D eigenvalue weighted by atomic mass is 9.68. The van der Waals surface area contributed by atoms with Crippen molar-refractivity contribution in [2.75, 3.05) is 13.2 Å². The van der Waals surface area contributed by atoms with Crippen molar-refractivity contribution in [1.29, 1.82) is 2.86 Å². The van der Waals surface area contributed by atoms with Crippen molar-refractivity contribution < 1.29 is 48.1 Å². The van der Waals surface area contributed by atoms with Crippen LogP contribution in [-0.4, -0.2) is 99.1 Å². The zero-order valence-electron chi connectivity index (χ0n) is 30.8. The Balaban J connectivity index is 1.40. The fraction of sp³-hybridized carbons (Fsp3) is 0.943. The zero-order chi connectivity index (χ0) is 34.0. The molecule has 5 aliphatic heterocycles. The highest BCUT2D eigenvalue weighted by atomic mass is 16.8. The highest BCUT2D eigenvalue weighted by Crippen LogP contribution is 2.55. The quantitative estimate of drug-likeness (QED) is 0.378. The summed E-state index contributed by atoms with van der Waals surface area (Å²) in [6, 6.07) is 0. The van der Waals surface area contributed by atoms with E-state index in [1.165, 1.54) is 0 Å². The molecule has 5 heterocycles. The lowest BCUT2D eigenvalue weighted by molar-refractivity contribution is -0.480. The third kappa shape index (κ3) is 5.72. The van der Waals surface area contributed by atoms with E-state index >= 15 is 0 Å². The molecule has 2 N–H and O–H groups in total. The summed E-state index contributed by atoms with van der Waals surface area (Å²) in [5, 5.41) is 9.79. The first-order chi connectivity index (χ1) is 22.2. The second-order valence-electron chi connectivity index (χ2n) is 15.7. The van der Waals surface area contributed by atoms with Crippen LogP contribution in [0.1, 0.15) is 75.7 Å². The fourth-order valence-corrected chi connectivity index (χ4v) is 9.06. The van der Waals surface area contributed by atoms with Gasteiger partial charge in [0.15, 0.2) is 12.1 Å². The summed E-state index contributed by atoms with van der Waals surface area (Å²) in [4.78, 5) is 0. The van der Waals surface area contributed by atoms with E-state index in [2.05, 4.69) is 55.4 Å². The largest absolute Gasteiger partial charge is 0.495 e. The van der Waals surface area contributed by atoms with Crippen LogP contribution in [0.4, 0.5) is 0 Å². The van der Waals surface area contributed by atoms with E-state index in [0.717, 1.165) is 6.42 Å². The third-order valence-corrected chi connectivity index (χ3v) is 12.8. The Morgan fingerprint density at radius 3 is 2.22 bits per heavy atom. The molecule has 4 saturated heterocycles. The lowest BCUT2D eigenvalue weighted by Gasteiger charge is -2.63. The minimum Gasteiger partial charge on any atom is -0.495 e. The Morgan fingerprint density at radius 2 is 1.49 bits per heavy atom. The molecular weight excluding hydrogens is 580 g/mol. The van der Waals surface area contributed by atoms with E-state index in [-0.39, 0.29) is 43.4 Å². The van der Waals surface area contributed by atoms with Crippen molar-refractivity contribution >= 4 is 0 Å². The average Bonchev–Trinajstić information content (AvgIpc) is 3.35. The number of hydrogen-bond donors (Lipinski definition) is 2. The maximum atomic E-state index is 7.62. The molecule has 0 aromatic rings. The molecule has 1 aliphatic carbocycles. The number of aliphatic hydroxyl groups excluding tert-OH is 2. The Labute approximate surface area is 272 Å². The van der Waals surface area contributed by atoms with Gasteiger partial charge in [0.25, 0.3) is 0 Å². The standard InChI is InChI=1S/C35H58O10/c1-16-13-25(21(6)18(3)17(16)2)40-31-30-29(43-34(9,10)44-30)27(15-37)41-33(31)45-35(28-24(42-35)11-12-38-26(28)14-36)32-22(7)19(4)20(5)23(8)39-32/h11-12,16-33,36-37H,13-15H2,1-10H3/t16?,17-,18+,19?,20+,21?,22-,23?,24-,25-,26?,27?,28+,29?,30+,31-,32-,33+,35?/m1/s1/i36T,37T. The van der Waals surface area contributed by atoms with Gasteiger partial charge in [0.2, 0.25) is 8.65 Å². The van der Waals surface area contributed by atoms with Gasteiger partial charge in [0, 0.05) is 0 Å². The summed E-state index contributed by atoms with van der Waals surface area (Å²) in [7, 11) is 0. The molecule has 6 aliphatic rings. The predicted octanol–water partition coefficient (Wildman–Crippen LogP) is 4.25. The average molecular weight is 643 g/mol. The monoisotopic (exact) mass is 642 g/mol. The molecule has 0 radical (unpaired) electrons. The van der Waals surface area contributed by atoms with Gasteiger partial charge in [-0.1, -0.05) is 48.5 Å². The maximum Gasteiger partial charge on any atom is 0.210 e. The summed E-state index contributed by atoms with van der Waals surface area (Å²) in [5.41, 5.74) is 0. The Kier molecular flexibility index (Phi) is 8.78. The van der Waals surface area contributed by atoms with E-state index in [1.807, 2.05) is 19.9 Å². The molecule has 6 rings (SSSR count). The highest BCUT2D eigenvalue weighted by molar-refractivity contribution is 5.15. The first-order valence-corrected chi connectivity index (χ1v) is 17.4. The van der Waals surface area contributed by atoms with Crippen LogP contribution in [-0.2, 0) is 37.9 Å². The zero-order valence-corrected chi connectivity index (χ0v) is 28.8. The summed E-state index contributed by atoms with van der Waals surface area (Å²) in [6.45, 7) is 21.7. The van der Waals surface area contributed by atoms with Gasteiger partial charge in [-0.2, -0.15) is 0 Å². The predicted molar refractivity (Wildman–Crippen MR) is 165 cm³/mol. The molecule has 10 nitrogen and oxygen atoms in total. The van der Waals surface area contributed by atoms with Crippen molar-refractivity contribution in [3.63, 3.8) is 0 Å². The highest BCUT2D eigenvalue weighted by Gasteiger charge is 2.70. The Hall–Kier alpha value is -0.820. The number of aliphatic hydroxyl groups is 2. The van der Waals surface area contributed by atoms with Crippen molar-refractivity contribution in [3.05, 3.63) is 12.3 Å². The molecule has 0 aromatic carbocycles. The van der Waals surface area contributed by atoms with Crippen molar-refractivity contribution in [1.82, 2.24) is 0 Å². The number of rotatable bonds is 9. The van der Waals surface area contributed by atoms with Gasteiger partial charge in [-0.25, -0.2) is 0 Å². The molecule has 5 fully saturated rings. The van der Waals surface area contributed by atoms with Crippen molar-refractivity contribution in [3.8, 4) is 0 Å². The van der Waals surface area contributed by atoms with E-state index in [1.54, 1.807) is 6.26 Å². The molecule has 258 valence electrons. The molecular formula is C35H58O10.